The number of piperidine rings is 1. The second-order valence-electron chi connectivity index (χ2n) is 9.31. The van der Waals surface area contributed by atoms with Gasteiger partial charge in [-0.3, -0.25) is 14.5 Å². The number of hydrogen-bond acceptors (Lipinski definition) is 7. The molecule has 36 heavy (non-hydrogen) atoms. The highest BCUT2D eigenvalue weighted by atomic mass is 16.5. The molecular formula is C28H35N3O5. The fourth-order valence-electron chi connectivity index (χ4n) is 4.99. The molecule has 2 aromatic carbocycles. The first-order valence-electron chi connectivity index (χ1n) is 12.5. The number of rotatable bonds is 8. The largest absolute Gasteiger partial charge is 0.497 e. The minimum atomic E-state index is -0.306. The van der Waals surface area contributed by atoms with Crippen LogP contribution in [0.4, 0.5) is 0 Å². The lowest BCUT2D eigenvalue weighted by molar-refractivity contribution is -0.150. The third kappa shape index (κ3) is 5.70. The molecule has 2 aliphatic rings. The first-order valence-corrected chi connectivity index (χ1v) is 12.5. The van der Waals surface area contributed by atoms with Crippen LogP contribution in [0.2, 0.25) is 0 Å². The fraction of sp³-hybridized carbons (Fsp3) is 0.464. The van der Waals surface area contributed by atoms with Gasteiger partial charge in [0.2, 0.25) is 0 Å². The molecule has 0 spiro atoms. The van der Waals surface area contributed by atoms with E-state index >= 15 is 0 Å². The second-order valence-corrected chi connectivity index (χ2v) is 9.31. The molecule has 0 bridgehead atoms. The van der Waals surface area contributed by atoms with E-state index in [-0.39, 0.29) is 30.4 Å². The van der Waals surface area contributed by atoms with Crippen LogP contribution in [0.5, 0.6) is 11.5 Å². The Bertz CT molecular complexity index is 1130. The number of carbonyl (C=O) groups excluding carboxylic acids is 2. The monoisotopic (exact) mass is 493 g/mol. The first kappa shape index (κ1) is 25.7. The maximum Gasteiger partial charge on any atom is 0.310 e. The minimum Gasteiger partial charge on any atom is -0.497 e. The van der Waals surface area contributed by atoms with E-state index in [1.54, 1.807) is 19.2 Å². The van der Waals surface area contributed by atoms with Gasteiger partial charge in [0.25, 0.3) is 5.91 Å². The molecule has 0 radical (unpaired) electrons. The number of methoxy groups -OCH3 is 2. The number of nitrogens with zero attached hydrogens (tertiary/aromatic N) is 3. The summed E-state index contributed by atoms with van der Waals surface area (Å²) in [4.78, 5) is 28.0. The van der Waals surface area contributed by atoms with Gasteiger partial charge < -0.3 is 14.2 Å². The van der Waals surface area contributed by atoms with E-state index in [4.69, 9.17) is 19.3 Å². The Hall–Kier alpha value is -3.39. The van der Waals surface area contributed by atoms with Crippen molar-refractivity contribution in [2.75, 3.05) is 40.5 Å². The number of likely N-dealkylation sites (tertiary alicyclic amines) is 1. The number of hydrogen-bond donors (Lipinski definition) is 0. The number of benzene rings is 2. The van der Waals surface area contributed by atoms with Crippen molar-refractivity contribution in [2.24, 2.45) is 11.0 Å². The van der Waals surface area contributed by atoms with E-state index in [2.05, 4.69) is 6.07 Å². The maximum atomic E-state index is 13.7. The standard InChI is InChI=1S/C28H35N3O5/c1-5-36-28(33)21-10-7-13-30(17-21)18-27(32)31-25(23-12-11-22(34-3)15-26(23)35-4)16-24(29-31)20-9-6-8-19(2)14-20/h6,8-9,11-12,14-15,21,25H,5,7,10,13,16-18H2,1-4H3. The third-order valence-electron chi connectivity index (χ3n) is 6.80. The van der Waals surface area contributed by atoms with Crippen molar-refractivity contribution in [1.29, 1.82) is 0 Å². The van der Waals surface area contributed by atoms with Gasteiger partial charge in [-0.2, -0.15) is 5.10 Å². The van der Waals surface area contributed by atoms with Gasteiger partial charge in [-0.1, -0.05) is 29.8 Å². The zero-order valence-electron chi connectivity index (χ0n) is 21.5. The number of aryl methyl sites for hydroxylation is 1. The van der Waals surface area contributed by atoms with Crippen molar-refractivity contribution in [3.63, 3.8) is 0 Å². The molecule has 4 rings (SSSR count). The van der Waals surface area contributed by atoms with Crippen LogP contribution in [0.1, 0.15) is 48.9 Å². The van der Waals surface area contributed by atoms with Crippen molar-refractivity contribution in [3.05, 3.63) is 59.2 Å². The maximum absolute atomic E-state index is 13.7. The second kappa shape index (κ2) is 11.6. The van der Waals surface area contributed by atoms with E-state index in [1.807, 2.05) is 55.1 Å². The highest BCUT2D eigenvalue weighted by Gasteiger charge is 2.36. The zero-order valence-corrected chi connectivity index (χ0v) is 21.5. The Balaban J connectivity index is 1.60. The van der Waals surface area contributed by atoms with Gasteiger partial charge in [-0.25, -0.2) is 5.01 Å². The van der Waals surface area contributed by atoms with Gasteiger partial charge in [0.15, 0.2) is 0 Å². The van der Waals surface area contributed by atoms with Gasteiger partial charge in [-0.15, -0.1) is 0 Å². The fourth-order valence-corrected chi connectivity index (χ4v) is 4.99. The summed E-state index contributed by atoms with van der Waals surface area (Å²) in [6.45, 7) is 5.69. The Morgan fingerprint density at radius 1 is 1.11 bits per heavy atom. The predicted molar refractivity (Wildman–Crippen MR) is 137 cm³/mol. The van der Waals surface area contributed by atoms with Crippen molar-refractivity contribution in [2.45, 2.75) is 39.2 Å². The van der Waals surface area contributed by atoms with E-state index in [9.17, 15) is 9.59 Å². The summed E-state index contributed by atoms with van der Waals surface area (Å²) in [5.74, 6) is 0.846. The number of amides is 1. The summed E-state index contributed by atoms with van der Waals surface area (Å²) in [7, 11) is 3.23. The van der Waals surface area contributed by atoms with Crippen LogP contribution in [0.3, 0.4) is 0 Å². The molecule has 8 heteroatoms. The molecule has 2 aromatic rings. The SMILES string of the molecule is CCOC(=O)C1CCCN(CC(=O)N2N=C(c3cccc(C)c3)CC2c2ccc(OC)cc2OC)C1. The molecule has 0 aliphatic carbocycles. The van der Waals surface area contributed by atoms with Crippen LogP contribution in [0.25, 0.3) is 0 Å². The van der Waals surface area contributed by atoms with Crippen LogP contribution in [0.15, 0.2) is 47.6 Å². The minimum absolute atomic E-state index is 0.106. The van der Waals surface area contributed by atoms with Crippen molar-refractivity contribution in [3.8, 4) is 11.5 Å². The molecule has 0 aromatic heterocycles. The van der Waals surface area contributed by atoms with E-state index in [0.717, 1.165) is 41.8 Å². The Kier molecular flexibility index (Phi) is 8.25. The molecule has 1 saturated heterocycles. The summed E-state index contributed by atoms with van der Waals surface area (Å²) in [5.41, 5.74) is 3.87. The van der Waals surface area contributed by atoms with E-state index < -0.39 is 0 Å². The van der Waals surface area contributed by atoms with Crippen molar-refractivity contribution < 1.29 is 23.8 Å². The van der Waals surface area contributed by atoms with Crippen LogP contribution in [-0.4, -0.2) is 68.0 Å². The summed E-state index contributed by atoms with van der Waals surface area (Å²) < 4.78 is 16.3. The van der Waals surface area contributed by atoms with E-state index in [0.29, 0.717) is 31.1 Å². The molecule has 1 amide bonds. The summed E-state index contributed by atoms with van der Waals surface area (Å²) in [6.07, 6.45) is 2.21. The lowest BCUT2D eigenvalue weighted by Crippen LogP contribution is -2.44. The quantitative estimate of drug-likeness (QED) is 0.518. The molecule has 1 fully saturated rings. The summed E-state index contributed by atoms with van der Waals surface area (Å²) in [5, 5.41) is 6.41. The normalized spacial score (nSPS) is 20.1. The van der Waals surface area contributed by atoms with Gasteiger partial charge in [0.05, 0.1) is 45.0 Å². The third-order valence-corrected chi connectivity index (χ3v) is 6.80. The van der Waals surface area contributed by atoms with Crippen LogP contribution in [-0.2, 0) is 14.3 Å². The van der Waals surface area contributed by atoms with Gasteiger partial charge in [0, 0.05) is 24.6 Å². The van der Waals surface area contributed by atoms with Crippen LogP contribution < -0.4 is 9.47 Å². The van der Waals surface area contributed by atoms with Gasteiger partial charge in [-0.05, 0) is 50.9 Å². The Labute approximate surface area is 212 Å². The number of carbonyl (C=O) groups is 2. The van der Waals surface area contributed by atoms with Crippen molar-refractivity contribution >= 4 is 17.6 Å². The zero-order chi connectivity index (χ0) is 25.7. The first-order chi connectivity index (χ1) is 17.4. The molecule has 8 nitrogen and oxygen atoms in total. The smallest absolute Gasteiger partial charge is 0.310 e. The van der Waals surface area contributed by atoms with E-state index in [1.165, 1.54) is 0 Å². The molecule has 0 N–H and O–H groups in total. The lowest BCUT2D eigenvalue weighted by Gasteiger charge is -2.32. The Morgan fingerprint density at radius 3 is 2.67 bits per heavy atom. The van der Waals surface area contributed by atoms with Gasteiger partial charge >= 0.3 is 5.97 Å². The van der Waals surface area contributed by atoms with Crippen LogP contribution in [0, 0.1) is 12.8 Å². The molecule has 2 unspecified atom stereocenters. The Morgan fingerprint density at radius 2 is 1.94 bits per heavy atom. The lowest BCUT2D eigenvalue weighted by atomic mass is 9.96. The number of hydrazone groups is 1. The average molecular weight is 494 g/mol. The molecule has 192 valence electrons. The predicted octanol–water partition coefficient (Wildman–Crippen LogP) is 3.97. The molecule has 2 aliphatic heterocycles. The summed E-state index contributed by atoms with van der Waals surface area (Å²) in [6, 6.07) is 13.5. The highest BCUT2D eigenvalue weighted by molar-refractivity contribution is 6.03. The molecule has 2 heterocycles. The number of esters is 1. The number of ether oxygens (including phenoxy) is 3. The molecule has 0 saturated carbocycles. The molecular weight excluding hydrogens is 458 g/mol. The van der Waals surface area contributed by atoms with Crippen LogP contribution >= 0.6 is 0 Å². The van der Waals surface area contributed by atoms with Gasteiger partial charge in [0.1, 0.15) is 11.5 Å². The summed E-state index contributed by atoms with van der Waals surface area (Å²) >= 11 is 0. The highest BCUT2D eigenvalue weighted by Crippen LogP contribution is 2.39. The average Bonchev–Trinajstić information content (AvgIpc) is 3.34. The van der Waals surface area contributed by atoms with Crippen molar-refractivity contribution in [1.82, 2.24) is 9.91 Å². The topological polar surface area (TPSA) is 80.7 Å². The molecule has 2 atom stereocenters.